The Balaban J connectivity index is 2.16. The number of allylic oxidation sites excluding steroid dienone is 3. The fraction of sp³-hybridized carbons (Fsp3) is 0.391. The number of aryl methyl sites for hydroxylation is 2. The van der Waals surface area contributed by atoms with Crippen molar-refractivity contribution >= 4 is 20.7 Å². The second-order valence-corrected chi connectivity index (χ2v) is 8.81. The van der Waals surface area contributed by atoms with Gasteiger partial charge in [0.15, 0.2) is 0 Å². The van der Waals surface area contributed by atoms with Crippen molar-refractivity contribution in [2.75, 3.05) is 18.4 Å². The summed E-state index contributed by atoms with van der Waals surface area (Å²) in [6, 6.07) is 7.60. The number of anilines is 1. The third-order valence-corrected chi connectivity index (χ3v) is 6.01. The van der Waals surface area contributed by atoms with Crippen LogP contribution in [-0.2, 0) is 16.4 Å². The van der Waals surface area contributed by atoms with Gasteiger partial charge < -0.3 is 5.32 Å². The minimum atomic E-state index is -3.73. The van der Waals surface area contributed by atoms with Crippen LogP contribution in [0.3, 0.4) is 0 Å². The number of nitrogens with one attached hydrogen (secondary N) is 2. The summed E-state index contributed by atoms with van der Waals surface area (Å²) in [6.45, 7) is 9.08. The van der Waals surface area contributed by atoms with Gasteiger partial charge in [-0.15, -0.1) is 0 Å². The van der Waals surface area contributed by atoms with Crippen molar-refractivity contribution in [1.29, 1.82) is 0 Å². The number of nitrogens with zero attached hydrogens (tertiary/aromatic N) is 2. The molecule has 0 aliphatic heterocycles. The maximum atomic E-state index is 13.0. The lowest BCUT2D eigenvalue weighted by Gasteiger charge is -2.13. The molecule has 0 aliphatic rings. The molecule has 2 heterocycles. The predicted octanol–water partition coefficient (Wildman–Crippen LogP) is 4.38. The Bertz CT molecular complexity index is 998. The van der Waals surface area contributed by atoms with Crippen LogP contribution in [0.15, 0.2) is 48.7 Å². The quantitative estimate of drug-likeness (QED) is 0.519. The molecular formula is C23H32N4O2S. The SMILES string of the molecule is CC/C=C\C=C(/c1ncccc1C)S(=O)(=O)NCCc1ccc(C)c(NCCC)n1. The van der Waals surface area contributed by atoms with E-state index >= 15 is 0 Å². The molecule has 2 rings (SSSR count). The van der Waals surface area contributed by atoms with Gasteiger partial charge in [0.2, 0.25) is 10.0 Å². The summed E-state index contributed by atoms with van der Waals surface area (Å²) >= 11 is 0. The first kappa shape index (κ1) is 23.8. The minimum Gasteiger partial charge on any atom is -0.370 e. The Morgan fingerprint density at radius 1 is 1.10 bits per heavy atom. The maximum Gasteiger partial charge on any atom is 0.242 e. The molecule has 0 radical (unpaired) electrons. The van der Waals surface area contributed by atoms with Crippen LogP contribution in [0.25, 0.3) is 4.91 Å². The Hall–Kier alpha value is -2.51. The normalized spacial score (nSPS) is 12.5. The molecule has 0 aliphatic carbocycles. The molecule has 0 saturated carbocycles. The third-order valence-electron chi connectivity index (χ3n) is 4.52. The lowest BCUT2D eigenvalue weighted by atomic mass is 10.2. The maximum absolute atomic E-state index is 13.0. The zero-order chi connectivity index (χ0) is 22.0. The Morgan fingerprint density at radius 3 is 2.60 bits per heavy atom. The van der Waals surface area contributed by atoms with E-state index in [-0.39, 0.29) is 11.4 Å². The molecule has 2 aromatic heterocycles. The average molecular weight is 429 g/mol. The molecule has 30 heavy (non-hydrogen) atoms. The standard InChI is InChI=1S/C23H32N4O2S/c1-5-7-8-11-21(22-18(3)10-9-16-24-22)30(28,29)26-17-14-20-13-12-19(4)23(27-20)25-15-6-2/h7-13,16,26H,5-6,14-15,17H2,1-4H3,(H,25,27)/b8-7-,21-11+. The van der Waals surface area contributed by atoms with E-state index in [1.54, 1.807) is 24.4 Å². The Labute approximate surface area is 180 Å². The number of pyridine rings is 2. The van der Waals surface area contributed by atoms with Crippen LogP contribution in [0.1, 0.15) is 49.2 Å². The van der Waals surface area contributed by atoms with Crippen molar-refractivity contribution in [3.05, 3.63) is 71.2 Å². The summed E-state index contributed by atoms with van der Waals surface area (Å²) in [7, 11) is -3.73. The fourth-order valence-corrected chi connectivity index (χ4v) is 4.11. The summed E-state index contributed by atoms with van der Waals surface area (Å²) in [6.07, 6.45) is 9.23. The van der Waals surface area contributed by atoms with Gasteiger partial charge >= 0.3 is 0 Å². The summed E-state index contributed by atoms with van der Waals surface area (Å²) in [5.41, 5.74) is 3.19. The summed E-state index contributed by atoms with van der Waals surface area (Å²) in [5.74, 6) is 0.853. The summed E-state index contributed by atoms with van der Waals surface area (Å²) < 4.78 is 28.8. The molecule has 0 atom stereocenters. The molecule has 2 aromatic rings. The Kier molecular flexibility index (Phi) is 9.20. The van der Waals surface area contributed by atoms with Gasteiger partial charge in [-0.1, -0.05) is 38.1 Å². The van der Waals surface area contributed by atoms with Crippen LogP contribution < -0.4 is 10.0 Å². The van der Waals surface area contributed by atoms with E-state index in [0.717, 1.165) is 42.0 Å². The van der Waals surface area contributed by atoms with Crippen LogP contribution in [0.2, 0.25) is 0 Å². The number of aromatic nitrogens is 2. The van der Waals surface area contributed by atoms with E-state index in [4.69, 9.17) is 0 Å². The Morgan fingerprint density at radius 2 is 1.90 bits per heavy atom. The first-order valence-electron chi connectivity index (χ1n) is 10.4. The van der Waals surface area contributed by atoms with Crippen molar-refractivity contribution in [2.45, 2.75) is 47.0 Å². The van der Waals surface area contributed by atoms with Gasteiger partial charge in [0.25, 0.3) is 0 Å². The van der Waals surface area contributed by atoms with E-state index in [0.29, 0.717) is 12.1 Å². The van der Waals surface area contributed by atoms with Gasteiger partial charge in [-0.05, 0) is 56.0 Å². The zero-order valence-corrected chi connectivity index (χ0v) is 19.1. The van der Waals surface area contributed by atoms with E-state index in [1.807, 2.05) is 45.0 Å². The molecule has 162 valence electrons. The fourth-order valence-electron chi connectivity index (χ4n) is 2.85. The molecule has 0 fully saturated rings. The number of sulfonamides is 1. The van der Waals surface area contributed by atoms with Gasteiger partial charge in [0, 0.05) is 31.4 Å². The smallest absolute Gasteiger partial charge is 0.242 e. The van der Waals surface area contributed by atoms with E-state index in [9.17, 15) is 8.42 Å². The monoisotopic (exact) mass is 428 g/mol. The highest BCUT2D eigenvalue weighted by Crippen LogP contribution is 2.21. The summed E-state index contributed by atoms with van der Waals surface area (Å²) in [4.78, 5) is 9.09. The van der Waals surface area contributed by atoms with Gasteiger partial charge in [0.05, 0.1) is 5.69 Å². The van der Waals surface area contributed by atoms with Crippen molar-refractivity contribution in [3.8, 4) is 0 Å². The number of hydrogen-bond donors (Lipinski definition) is 2. The molecule has 0 amide bonds. The largest absolute Gasteiger partial charge is 0.370 e. The van der Waals surface area contributed by atoms with Crippen molar-refractivity contribution in [2.24, 2.45) is 0 Å². The molecule has 0 unspecified atom stereocenters. The minimum absolute atomic E-state index is 0.174. The van der Waals surface area contributed by atoms with E-state index in [1.165, 1.54) is 0 Å². The van der Waals surface area contributed by atoms with Gasteiger partial charge in [-0.25, -0.2) is 18.1 Å². The molecule has 0 spiro atoms. The van der Waals surface area contributed by atoms with Crippen molar-refractivity contribution in [1.82, 2.24) is 14.7 Å². The van der Waals surface area contributed by atoms with Crippen molar-refractivity contribution in [3.63, 3.8) is 0 Å². The van der Waals surface area contributed by atoms with Crippen LogP contribution >= 0.6 is 0 Å². The topological polar surface area (TPSA) is 84.0 Å². The van der Waals surface area contributed by atoms with Gasteiger partial charge in [0.1, 0.15) is 10.7 Å². The highest BCUT2D eigenvalue weighted by atomic mass is 32.2. The average Bonchev–Trinajstić information content (AvgIpc) is 2.72. The number of hydrogen-bond acceptors (Lipinski definition) is 5. The molecule has 2 N–H and O–H groups in total. The predicted molar refractivity (Wildman–Crippen MR) is 125 cm³/mol. The highest BCUT2D eigenvalue weighted by molar-refractivity contribution is 7.98. The lowest BCUT2D eigenvalue weighted by molar-refractivity contribution is 0.591. The second-order valence-electron chi connectivity index (χ2n) is 7.08. The second kappa shape index (κ2) is 11.6. The molecule has 6 nitrogen and oxygen atoms in total. The van der Waals surface area contributed by atoms with Crippen LogP contribution in [0.5, 0.6) is 0 Å². The van der Waals surface area contributed by atoms with Gasteiger partial charge in [-0.2, -0.15) is 0 Å². The molecule has 7 heteroatoms. The first-order chi connectivity index (χ1) is 14.4. The van der Waals surface area contributed by atoms with E-state index < -0.39 is 10.0 Å². The summed E-state index contributed by atoms with van der Waals surface area (Å²) in [5, 5.41) is 3.31. The zero-order valence-electron chi connectivity index (χ0n) is 18.3. The van der Waals surface area contributed by atoms with Crippen LogP contribution in [0, 0.1) is 13.8 Å². The highest BCUT2D eigenvalue weighted by Gasteiger charge is 2.21. The molecule has 0 saturated heterocycles. The molecule has 0 aromatic carbocycles. The van der Waals surface area contributed by atoms with E-state index in [2.05, 4.69) is 26.9 Å². The first-order valence-corrected chi connectivity index (χ1v) is 11.9. The van der Waals surface area contributed by atoms with Crippen LogP contribution in [-0.4, -0.2) is 31.5 Å². The van der Waals surface area contributed by atoms with Crippen LogP contribution in [0.4, 0.5) is 5.82 Å². The number of rotatable bonds is 11. The molecular weight excluding hydrogens is 396 g/mol. The third kappa shape index (κ3) is 6.78. The van der Waals surface area contributed by atoms with Crippen molar-refractivity contribution < 1.29 is 8.42 Å². The van der Waals surface area contributed by atoms with Gasteiger partial charge in [-0.3, -0.25) is 4.98 Å². The lowest BCUT2D eigenvalue weighted by Crippen LogP contribution is -2.27. The molecule has 0 bridgehead atoms.